The molecule has 1 aromatic carbocycles. The highest BCUT2D eigenvalue weighted by atomic mass is 35.5. The first-order valence-corrected chi connectivity index (χ1v) is 10.6. The van der Waals surface area contributed by atoms with Gasteiger partial charge in [-0.15, -0.1) is 16.4 Å². The van der Waals surface area contributed by atoms with Crippen LogP contribution in [0.4, 0.5) is 0 Å². The molecule has 0 N–H and O–H groups in total. The lowest BCUT2D eigenvalue weighted by atomic mass is 10.1. The average molecular weight is 434 g/mol. The highest BCUT2D eigenvalue weighted by Crippen LogP contribution is 2.29. The fourth-order valence-corrected chi connectivity index (χ4v) is 4.09. The van der Waals surface area contributed by atoms with E-state index in [2.05, 4.69) is 5.10 Å². The lowest BCUT2D eigenvalue weighted by Crippen LogP contribution is -2.29. The largest absolute Gasteiger partial charge is 0.497 e. The Balaban J connectivity index is 1.76. The quantitative estimate of drug-likeness (QED) is 0.504. The minimum atomic E-state index is -0.270. The highest BCUT2D eigenvalue weighted by molar-refractivity contribution is 7.19. The van der Waals surface area contributed by atoms with Gasteiger partial charge in [-0.25, -0.2) is 9.48 Å². The van der Waals surface area contributed by atoms with Crippen LogP contribution in [0.25, 0.3) is 10.7 Å². The Bertz CT molecular complexity index is 1050. The van der Waals surface area contributed by atoms with Crippen molar-refractivity contribution in [1.82, 2.24) is 14.3 Å². The van der Waals surface area contributed by atoms with Crippen LogP contribution in [0.5, 0.6) is 5.75 Å². The lowest BCUT2D eigenvalue weighted by Gasteiger charge is -2.06. The second-order valence-electron chi connectivity index (χ2n) is 7.26. The van der Waals surface area contributed by atoms with E-state index in [0.29, 0.717) is 29.5 Å². The van der Waals surface area contributed by atoms with Crippen molar-refractivity contribution in [2.24, 2.45) is 5.92 Å². The number of carbonyl (C=O) groups excluding carboxylic acids is 1. The van der Waals surface area contributed by atoms with E-state index in [1.807, 2.05) is 44.2 Å². The summed E-state index contributed by atoms with van der Waals surface area (Å²) in [5.74, 6) is 1.54. The molecule has 29 heavy (non-hydrogen) atoms. The number of ketones is 1. The van der Waals surface area contributed by atoms with Gasteiger partial charge in [0.25, 0.3) is 0 Å². The zero-order valence-electron chi connectivity index (χ0n) is 16.7. The molecule has 0 aliphatic heterocycles. The maximum atomic E-state index is 12.9. The number of Topliss-reactive ketones (excluding diaryl/α,β-unsaturated/α-hetero) is 1. The summed E-state index contributed by atoms with van der Waals surface area (Å²) in [6, 6.07) is 11.3. The number of aryl methyl sites for hydroxylation is 1. The topological polar surface area (TPSA) is 66.1 Å². The fourth-order valence-electron chi connectivity index (χ4n) is 3.05. The molecule has 3 aromatic rings. The van der Waals surface area contributed by atoms with E-state index < -0.39 is 0 Å². The van der Waals surface area contributed by atoms with Crippen molar-refractivity contribution >= 4 is 28.7 Å². The van der Waals surface area contributed by atoms with Crippen molar-refractivity contribution in [1.29, 1.82) is 0 Å². The van der Waals surface area contributed by atoms with Crippen LogP contribution in [0, 0.1) is 5.92 Å². The van der Waals surface area contributed by atoms with E-state index in [9.17, 15) is 9.59 Å². The minimum Gasteiger partial charge on any atom is -0.497 e. The Morgan fingerprint density at radius 3 is 2.72 bits per heavy atom. The van der Waals surface area contributed by atoms with E-state index in [1.165, 1.54) is 16.0 Å². The standard InChI is InChI=1S/C21H24ClN3O3S/c1-14(2)12-24-20(18-9-10-19(22)29-18)23-25(21(24)27)13-16(26)8-7-15-5-4-6-17(11-15)28-3/h4-6,9-11,14H,7-8,12-13H2,1-3H3. The number of nitrogens with zero attached hydrogens (tertiary/aromatic N) is 3. The summed E-state index contributed by atoms with van der Waals surface area (Å²) in [6.07, 6.45) is 0.918. The third-order valence-corrected chi connectivity index (χ3v) is 5.64. The maximum Gasteiger partial charge on any atom is 0.346 e. The number of hydrogen-bond donors (Lipinski definition) is 0. The number of carbonyl (C=O) groups is 1. The van der Waals surface area contributed by atoms with Crippen molar-refractivity contribution in [3.05, 3.63) is 56.8 Å². The Kier molecular flexibility index (Phi) is 6.92. The fraction of sp³-hybridized carbons (Fsp3) is 0.381. The lowest BCUT2D eigenvalue weighted by molar-refractivity contribution is -0.119. The van der Waals surface area contributed by atoms with E-state index in [1.54, 1.807) is 17.7 Å². The van der Waals surface area contributed by atoms with Gasteiger partial charge in [0.2, 0.25) is 0 Å². The van der Waals surface area contributed by atoms with Crippen molar-refractivity contribution in [2.45, 2.75) is 39.8 Å². The zero-order chi connectivity index (χ0) is 21.0. The molecule has 2 heterocycles. The molecule has 0 unspecified atom stereocenters. The van der Waals surface area contributed by atoms with Gasteiger partial charge < -0.3 is 4.74 Å². The predicted molar refractivity (Wildman–Crippen MR) is 116 cm³/mol. The normalized spacial score (nSPS) is 11.2. The summed E-state index contributed by atoms with van der Waals surface area (Å²) in [6.45, 7) is 4.56. The van der Waals surface area contributed by atoms with E-state index in [-0.39, 0.29) is 23.9 Å². The van der Waals surface area contributed by atoms with E-state index in [4.69, 9.17) is 16.3 Å². The molecule has 8 heteroatoms. The Hall–Kier alpha value is -2.38. The van der Waals surface area contributed by atoms with Crippen molar-refractivity contribution in [3.63, 3.8) is 0 Å². The molecule has 0 spiro atoms. The Morgan fingerprint density at radius 1 is 1.28 bits per heavy atom. The molecular weight excluding hydrogens is 410 g/mol. The Morgan fingerprint density at radius 2 is 2.07 bits per heavy atom. The summed E-state index contributed by atoms with van der Waals surface area (Å²) in [5, 5.41) is 4.45. The molecule has 2 aromatic heterocycles. The summed E-state index contributed by atoms with van der Waals surface area (Å²) >= 11 is 7.42. The van der Waals surface area contributed by atoms with Crippen molar-refractivity contribution in [3.8, 4) is 16.5 Å². The molecular formula is C21H24ClN3O3S. The summed E-state index contributed by atoms with van der Waals surface area (Å²) in [4.78, 5) is 26.2. The summed E-state index contributed by atoms with van der Waals surface area (Å²) < 4.78 is 8.73. The molecule has 0 radical (unpaired) electrons. The van der Waals surface area contributed by atoms with Gasteiger partial charge in [0.05, 0.1) is 16.3 Å². The first-order chi connectivity index (χ1) is 13.9. The number of benzene rings is 1. The highest BCUT2D eigenvalue weighted by Gasteiger charge is 2.19. The number of rotatable bonds is 9. The molecule has 3 rings (SSSR count). The first kappa shape index (κ1) is 21.3. The SMILES string of the molecule is COc1cccc(CCC(=O)Cn2nc(-c3ccc(Cl)s3)n(CC(C)C)c2=O)c1. The van der Waals surface area contributed by atoms with Crippen LogP contribution in [-0.2, 0) is 24.3 Å². The number of thiophene rings is 1. The van der Waals surface area contributed by atoms with E-state index >= 15 is 0 Å². The van der Waals surface area contributed by atoms with Crippen LogP contribution in [0.1, 0.15) is 25.8 Å². The van der Waals surface area contributed by atoms with Gasteiger partial charge in [0.15, 0.2) is 11.6 Å². The molecule has 0 saturated carbocycles. The Labute approximate surface area is 178 Å². The molecule has 154 valence electrons. The molecule has 0 atom stereocenters. The summed E-state index contributed by atoms with van der Waals surface area (Å²) in [7, 11) is 1.61. The van der Waals surface area contributed by atoms with E-state index in [0.717, 1.165) is 16.2 Å². The van der Waals surface area contributed by atoms with Gasteiger partial charge in [-0.2, -0.15) is 0 Å². The van der Waals surface area contributed by atoms with Crippen molar-refractivity contribution < 1.29 is 9.53 Å². The van der Waals surface area contributed by atoms with Gasteiger partial charge in [0, 0.05) is 13.0 Å². The minimum absolute atomic E-state index is 0.0417. The third-order valence-electron chi connectivity index (χ3n) is 4.42. The first-order valence-electron chi connectivity index (χ1n) is 9.45. The van der Waals surface area contributed by atoms with Crippen LogP contribution in [-0.4, -0.2) is 27.2 Å². The molecule has 0 saturated heterocycles. The van der Waals surface area contributed by atoms with Crippen LogP contribution in [0.3, 0.4) is 0 Å². The number of aromatic nitrogens is 3. The molecule has 0 fully saturated rings. The average Bonchev–Trinajstić information content (AvgIpc) is 3.24. The molecule has 6 nitrogen and oxygen atoms in total. The summed E-state index contributed by atoms with van der Waals surface area (Å²) in [5.41, 5.74) is 0.747. The maximum absolute atomic E-state index is 12.9. The molecule has 0 bridgehead atoms. The molecule has 0 aliphatic rings. The zero-order valence-corrected chi connectivity index (χ0v) is 18.3. The van der Waals surface area contributed by atoms with Gasteiger partial charge in [0.1, 0.15) is 12.3 Å². The van der Waals surface area contributed by atoms with Gasteiger partial charge in [-0.05, 0) is 42.2 Å². The molecule has 0 aliphatic carbocycles. The second kappa shape index (κ2) is 9.41. The van der Waals surface area contributed by atoms with Crippen LogP contribution >= 0.6 is 22.9 Å². The van der Waals surface area contributed by atoms with Crippen molar-refractivity contribution in [2.75, 3.05) is 7.11 Å². The van der Waals surface area contributed by atoms with Gasteiger partial charge >= 0.3 is 5.69 Å². The van der Waals surface area contributed by atoms with Crippen LogP contribution in [0.2, 0.25) is 4.34 Å². The van der Waals surface area contributed by atoms with Crippen LogP contribution in [0.15, 0.2) is 41.2 Å². The third kappa shape index (κ3) is 5.36. The number of hydrogen-bond acceptors (Lipinski definition) is 5. The number of halogens is 1. The van der Waals surface area contributed by atoms with Gasteiger partial charge in [-0.1, -0.05) is 37.6 Å². The van der Waals surface area contributed by atoms with Gasteiger partial charge in [-0.3, -0.25) is 9.36 Å². The monoisotopic (exact) mass is 433 g/mol. The van der Waals surface area contributed by atoms with Crippen LogP contribution < -0.4 is 10.4 Å². The number of ether oxygens (including phenoxy) is 1. The number of methoxy groups -OCH3 is 1. The smallest absolute Gasteiger partial charge is 0.346 e. The predicted octanol–water partition coefficient (Wildman–Crippen LogP) is 4.29. The second-order valence-corrected chi connectivity index (χ2v) is 8.98. The molecule has 0 amide bonds.